The van der Waals surface area contributed by atoms with E-state index in [2.05, 4.69) is 32.7 Å². The molecule has 0 bridgehead atoms. The molecule has 0 radical (unpaired) electrons. The Morgan fingerprint density at radius 1 is 1.26 bits per heavy atom. The Morgan fingerprint density at radius 2 is 2.05 bits per heavy atom. The first kappa shape index (κ1) is 30.9. The average molecular weight is 607 g/mol. The number of hydrogen-bond donors (Lipinski definition) is 6. The van der Waals surface area contributed by atoms with Crippen molar-refractivity contribution in [3.63, 3.8) is 0 Å². The number of nitrogens with two attached hydrogens (primary N) is 2. The smallest absolute Gasteiger partial charge is 0.354 e. The Labute approximate surface area is 255 Å². The summed E-state index contributed by atoms with van der Waals surface area (Å²) < 4.78 is 16.6. The topological polar surface area (TPSA) is 151 Å². The van der Waals surface area contributed by atoms with Crippen LogP contribution in [0.5, 0.6) is 0 Å². The van der Waals surface area contributed by atoms with E-state index in [0.29, 0.717) is 52.8 Å². The molecule has 5 rings (SSSR count). The molecule has 3 atom stereocenters. The molecular weight excluding hydrogens is 567 g/mol. The van der Waals surface area contributed by atoms with Gasteiger partial charge in [-0.25, -0.2) is 9.18 Å². The van der Waals surface area contributed by atoms with Crippen molar-refractivity contribution in [1.82, 2.24) is 25.2 Å². The van der Waals surface area contributed by atoms with Gasteiger partial charge in [0, 0.05) is 48.4 Å². The Bertz CT molecular complexity index is 1630. The maximum Gasteiger partial charge on any atom is 0.354 e. The summed E-state index contributed by atoms with van der Waals surface area (Å²) in [5.74, 6) is -0.0377. The number of rotatable bonds is 11. The molecule has 0 saturated carbocycles. The zero-order valence-electron chi connectivity index (χ0n) is 24.4. The number of piperidine rings is 1. The first-order valence-corrected chi connectivity index (χ1v) is 15.3. The first-order chi connectivity index (χ1) is 20.7. The summed E-state index contributed by atoms with van der Waals surface area (Å²) in [5, 5.41) is 15.1. The van der Waals surface area contributed by atoms with Gasteiger partial charge in [0.2, 0.25) is 0 Å². The van der Waals surface area contributed by atoms with Crippen LogP contribution < -0.4 is 27.8 Å². The lowest BCUT2D eigenvalue weighted by Crippen LogP contribution is -2.39. The number of aryl methyl sites for hydroxylation is 1. The average Bonchev–Trinajstić information content (AvgIpc) is 3.41. The van der Waals surface area contributed by atoms with Gasteiger partial charge in [0.05, 0.1) is 22.2 Å². The summed E-state index contributed by atoms with van der Waals surface area (Å²) in [6.45, 7) is 2.96. The summed E-state index contributed by atoms with van der Waals surface area (Å²) in [4.78, 5) is 20.4. The van der Waals surface area contributed by atoms with Gasteiger partial charge < -0.3 is 27.1 Å². The number of aromatic nitrogens is 3. The number of benzene rings is 2. The van der Waals surface area contributed by atoms with Crippen molar-refractivity contribution < 1.29 is 4.39 Å². The summed E-state index contributed by atoms with van der Waals surface area (Å²) in [6, 6.07) is 13.8. The number of amidine groups is 1. The third-order valence-corrected chi connectivity index (χ3v) is 8.44. The molecule has 11 heteroatoms. The standard InChI is InChI=1S/C32H40ClFN8O/c1-19(36)38-13-12-24-6-3-7-28(39-24)21-8-10-25(11-9-21)42-18-22-16-29(40-31(22)41-32(42)43)26-14-20(15-27(33)30(26)34)4-2-5-23(37)17-35/h8-11,14-16,18,23-24,28,39H,2-7,12-13,17,35,37H2,1H3,(H2,36,38)(H,40,41,43)/t23-,24+,28+/m1/s1. The van der Waals surface area contributed by atoms with E-state index in [1.807, 2.05) is 12.1 Å². The van der Waals surface area contributed by atoms with Crippen molar-refractivity contribution in [2.75, 3.05) is 13.1 Å². The molecule has 2 aromatic heterocycles. The maximum atomic E-state index is 15.1. The van der Waals surface area contributed by atoms with Gasteiger partial charge in [-0.2, -0.15) is 4.98 Å². The minimum Gasteiger partial charge on any atom is -0.374 e. The second kappa shape index (κ2) is 13.8. The lowest BCUT2D eigenvalue weighted by atomic mass is 9.92. The molecule has 0 unspecified atom stereocenters. The van der Waals surface area contributed by atoms with E-state index < -0.39 is 11.5 Å². The molecule has 4 aromatic rings. The normalized spacial score (nSPS) is 17.7. The molecular formula is C32H40ClFN8O. The largest absolute Gasteiger partial charge is 0.374 e. The molecule has 3 heterocycles. The number of halogens is 2. The van der Waals surface area contributed by atoms with E-state index in [1.54, 1.807) is 31.3 Å². The molecule has 1 aliphatic rings. The minimum absolute atomic E-state index is 0.0406. The van der Waals surface area contributed by atoms with Gasteiger partial charge in [-0.15, -0.1) is 0 Å². The van der Waals surface area contributed by atoms with Crippen LogP contribution >= 0.6 is 11.6 Å². The van der Waals surface area contributed by atoms with Crippen LogP contribution in [0.1, 0.15) is 62.6 Å². The zero-order valence-corrected chi connectivity index (χ0v) is 25.2. The third-order valence-electron chi connectivity index (χ3n) is 8.17. The number of aromatic amines is 1. The number of fused-ring (bicyclic) bond motifs is 1. The van der Waals surface area contributed by atoms with Crippen LogP contribution in [0.15, 0.2) is 53.5 Å². The summed E-state index contributed by atoms with van der Waals surface area (Å²) in [7, 11) is 0. The summed E-state index contributed by atoms with van der Waals surface area (Å²) in [5.41, 5.74) is 15.1. The minimum atomic E-state index is -0.527. The van der Waals surface area contributed by atoms with Crippen LogP contribution in [0.4, 0.5) is 4.39 Å². The molecule has 8 N–H and O–H groups in total. The van der Waals surface area contributed by atoms with E-state index in [9.17, 15) is 4.79 Å². The van der Waals surface area contributed by atoms with Crippen molar-refractivity contribution in [1.29, 1.82) is 5.41 Å². The van der Waals surface area contributed by atoms with Crippen LogP contribution in [-0.4, -0.2) is 45.5 Å². The van der Waals surface area contributed by atoms with E-state index >= 15 is 4.39 Å². The SMILES string of the molecule is CC(=N)NCC[C@@H]1CCC[C@@H](c2ccc(-n3cc4cc(-c5cc(CCC[C@@H](N)CN)cc(Cl)c5F)[nH]c4nc3=O)cc2)N1. The highest BCUT2D eigenvalue weighted by molar-refractivity contribution is 6.31. The number of nitrogens with zero attached hydrogens (tertiary/aromatic N) is 2. The zero-order chi connectivity index (χ0) is 30.5. The quantitative estimate of drug-likeness (QED) is 0.105. The predicted octanol–water partition coefficient (Wildman–Crippen LogP) is 4.94. The fourth-order valence-electron chi connectivity index (χ4n) is 5.81. The molecule has 9 nitrogen and oxygen atoms in total. The molecule has 43 heavy (non-hydrogen) atoms. The van der Waals surface area contributed by atoms with Crippen molar-refractivity contribution in [2.45, 2.75) is 70.0 Å². The van der Waals surface area contributed by atoms with Crippen LogP contribution in [-0.2, 0) is 6.42 Å². The van der Waals surface area contributed by atoms with E-state index in [4.69, 9.17) is 28.5 Å². The third kappa shape index (κ3) is 7.51. The van der Waals surface area contributed by atoms with Gasteiger partial charge in [0.15, 0.2) is 5.82 Å². The van der Waals surface area contributed by atoms with Gasteiger partial charge in [0.1, 0.15) is 5.65 Å². The van der Waals surface area contributed by atoms with Gasteiger partial charge in [-0.05, 0) is 86.9 Å². The first-order valence-electron chi connectivity index (χ1n) is 14.9. The molecule has 1 saturated heterocycles. The Hall–Kier alpha value is -3.57. The van der Waals surface area contributed by atoms with Crippen molar-refractivity contribution in [3.05, 3.63) is 81.1 Å². The van der Waals surface area contributed by atoms with Gasteiger partial charge in [-0.1, -0.05) is 30.2 Å². The summed E-state index contributed by atoms with van der Waals surface area (Å²) >= 11 is 6.26. The fourth-order valence-corrected chi connectivity index (χ4v) is 6.05. The van der Waals surface area contributed by atoms with Crippen molar-refractivity contribution in [2.24, 2.45) is 11.5 Å². The van der Waals surface area contributed by atoms with Gasteiger partial charge >= 0.3 is 5.69 Å². The lowest BCUT2D eigenvalue weighted by Gasteiger charge is -2.31. The second-order valence-electron chi connectivity index (χ2n) is 11.5. The van der Waals surface area contributed by atoms with Gasteiger partial charge in [-0.3, -0.25) is 9.98 Å². The van der Waals surface area contributed by atoms with Crippen LogP contribution in [0, 0.1) is 11.2 Å². The monoisotopic (exact) mass is 606 g/mol. The number of hydrogen-bond acceptors (Lipinski definition) is 6. The Kier molecular flexibility index (Phi) is 9.92. The molecule has 2 aromatic carbocycles. The number of H-pyrrole nitrogens is 1. The molecule has 0 spiro atoms. The Balaban J connectivity index is 1.34. The van der Waals surface area contributed by atoms with Crippen molar-refractivity contribution >= 4 is 28.5 Å². The molecule has 228 valence electrons. The van der Waals surface area contributed by atoms with E-state index in [-0.39, 0.29) is 17.1 Å². The molecule has 0 aliphatic carbocycles. The van der Waals surface area contributed by atoms with Crippen LogP contribution in [0.25, 0.3) is 28.0 Å². The lowest BCUT2D eigenvalue weighted by molar-refractivity contribution is 0.312. The van der Waals surface area contributed by atoms with E-state index in [0.717, 1.165) is 50.6 Å². The van der Waals surface area contributed by atoms with Crippen molar-refractivity contribution in [3.8, 4) is 16.9 Å². The van der Waals surface area contributed by atoms with E-state index in [1.165, 1.54) is 10.1 Å². The Morgan fingerprint density at radius 3 is 2.79 bits per heavy atom. The van der Waals surface area contributed by atoms with Crippen LogP contribution in [0.3, 0.4) is 0 Å². The molecule has 1 fully saturated rings. The molecule has 1 aliphatic heterocycles. The highest BCUT2D eigenvalue weighted by atomic mass is 35.5. The maximum absolute atomic E-state index is 15.1. The summed E-state index contributed by atoms with van der Waals surface area (Å²) in [6.07, 6.45) is 8.28. The fraction of sp³-hybridized carbons (Fsp3) is 0.406. The highest BCUT2D eigenvalue weighted by Crippen LogP contribution is 2.32. The van der Waals surface area contributed by atoms with Crippen LogP contribution in [0.2, 0.25) is 5.02 Å². The molecule has 0 amide bonds. The second-order valence-corrected chi connectivity index (χ2v) is 11.9. The van der Waals surface area contributed by atoms with Gasteiger partial charge in [0.25, 0.3) is 0 Å². The predicted molar refractivity (Wildman–Crippen MR) is 172 cm³/mol. The number of nitrogens with one attached hydrogen (secondary N) is 4. The highest BCUT2D eigenvalue weighted by Gasteiger charge is 2.22.